The molecule has 0 aliphatic heterocycles. The Hall–Kier alpha value is -2.12. The fourth-order valence-corrected chi connectivity index (χ4v) is 4.47. The number of likely N-dealkylation sites (N-methyl/N-ethyl adjacent to an activating group) is 1. The Labute approximate surface area is 157 Å². The SMILES string of the molecule is Cc1cc(NC(=O)c2ccco2)sc1C(=O)NCC1(N(C)C)CCCC1. The molecule has 3 rings (SSSR count). The summed E-state index contributed by atoms with van der Waals surface area (Å²) in [5, 5.41) is 6.51. The molecule has 2 N–H and O–H groups in total. The Bertz CT molecular complexity index is 774. The third kappa shape index (κ3) is 3.83. The van der Waals surface area contributed by atoms with Gasteiger partial charge in [-0.2, -0.15) is 0 Å². The van der Waals surface area contributed by atoms with Crippen LogP contribution in [0.3, 0.4) is 0 Å². The van der Waals surface area contributed by atoms with Gasteiger partial charge in [-0.3, -0.25) is 9.59 Å². The number of thiophene rings is 1. The number of furan rings is 1. The van der Waals surface area contributed by atoms with Crippen LogP contribution in [0.5, 0.6) is 0 Å². The van der Waals surface area contributed by atoms with E-state index in [0.29, 0.717) is 16.4 Å². The summed E-state index contributed by atoms with van der Waals surface area (Å²) < 4.78 is 5.09. The van der Waals surface area contributed by atoms with Crippen LogP contribution in [0.2, 0.25) is 0 Å². The van der Waals surface area contributed by atoms with Gasteiger partial charge in [0.2, 0.25) is 0 Å². The van der Waals surface area contributed by atoms with Gasteiger partial charge in [0.05, 0.1) is 16.1 Å². The van der Waals surface area contributed by atoms with Gasteiger partial charge in [-0.1, -0.05) is 12.8 Å². The van der Waals surface area contributed by atoms with E-state index in [2.05, 4.69) is 29.6 Å². The van der Waals surface area contributed by atoms with Gasteiger partial charge in [0.1, 0.15) is 0 Å². The molecule has 0 unspecified atom stereocenters. The van der Waals surface area contributed by atoms with Crippen LogP contribution in [0.1, 0.15) is 51.5 Å². The molecule has 0 radical (unpaired) electrons. The lowest BCUT2D eigenvalue weighted by molar-refractivity contribution is 0.0903. The van der Waals surface area contributed by atoms with Crippen LogP contribution in [-0.4, -0.2) is 42.9 Å². The molecule has 2 amide bonds. The Morgan fingerprint density at radius 1 is 1.27 bits per heavy atom. The van der Waals surface area contributed by atoms with Crippen molar-refractivity contribution in [3.05, 3.63) is 40.7 Å². The monoisotopic (exact) mass is 375 g/mol. The molecular formula is C19H25N3O3S. The van der Waals surface area contributed by atoms with E-state index in [1.807, 2.05) is 13.0 Å². The highest BCUT2D eigenvalue weighted by molar-refractivity contribution is 7.18. The van der Waals surface area contributed by atoms with Crippen molar-refractivity contribution in [3.8, 4) is 0 Å². The van der Waals surface area contributed by atoms with E-state index in [1.54, 1.807) is 12.1 Å². The second kappa shape index (κ2) is 7.63. The molecule has 0 atom stereocenters. The molecule has 2 heterocycles. The molecule has 0 aromatic carbocycles. The number of carbonyl (C=O) groups is 2. The van der Waals surface area contributed by atoms with Crippen molar-refractivity contribution < 1.29 is 14.0 Å². The number of carbonyl (C=O) groups excluding carboxylic acids is 2. The van der Waals surface area contributed by atoms with Gasteiger partial charge in [0.15, 0.2) is 5.76 Å². The fraction of sp³-hybridized carbons (Fsp3) is 0.474. The number of hydrogen-bond acceptors (Lipinski definition) is 5. The molecule has 7 heteroatoms. The first-order valence-electron chi connectivity index (χ1n) is 8.82. The van der Waals surface area contributed by atoms with Gasteiger partial charge in [0.25, 0.3) is 11.8 Å². The van der Waals surface area contributed by atoms with E-state index in [4.69, 9.17) is 4.42 Å². The quantitative estimate of drug-likeness (QED) is 0.810. The molecular weight excluding hydrogens is 350 g/mol. The number of hydrogen-bond donors (Lipinski definition) is 2. The van der Waals surface area contributed by atoms with E-state index in [-0.39, 0.29) is 23.1 Å². The summed E-state index contributed by atoms with van der Waals surface area (Å²) >= 11 is 1.28. The first kappa shape index (κ1) is 18.7. The number of rotatable bonds is 6. The first-order valence-corrected chi connectivity index (χ1v) is 9.64. The minimum atomic E-state index is -0.319. The van der Waals surface area contributed by atoms with Crippen molar-refractivity contribution in [1.29, 1.82) is 0 Å². The smallest absolute Gasteiger partial charge is 0.291 e. The molecule has 2 aromatic rings. The van der Waals surface area contributed by atoms with Crippen LogP contribution in [0.25, 0.3) is 0 Å². The Morgan fingerprint density at radius 2 is 2.00 bits per heavy atom. The van der Waals surface area contributed by atoms with Crippen LogP contribution in [0.4, 0.5) is 5.00 Å². The minimum absolute atomic E-state index is 0.0527. The van der Waals surface area contributed by atoms with Gasteiger partial charge in [0, 0.05) is 12.1 Å². The maximum Gasteiger partial charge on any atom is 0.291 e. The molecule has 2 aromatic heterocycles. The number of aryl methyl sites for hydroxylation is 1. The third-order valence-electron chi connectivity index (χ3n) is 5.17. The lowest BCUT2D eigenvalue weighted by Gasteiger charge is -2.36. The zero-order valence-corrected chi connectivity index (χ0v) is 16.2. The molecule has 0 spiro atoms. The van der Waals surface area contributed by atoms with E-state index >= 15 is 0 Å². The second-order valence-corrected chi connectivity index (χ2v) is 8.11. The van der Waals surface area contributed by atoms with Crippen molar-refractivity contribution in [2.75, 3.05) is 26.0 Å². The van der Waals surface area contributed by atoms with Crippen LogP contribution in [0, 0.1) is 6.92 Å². The number of anilines is 1. The number of nitrogens with one attached hydrogen (secondary N) is 2. The normalized spacial score (nSPS) is 16.0. The fourth-order valence-electron chi connectivity index (χ4n) is 3.49. The summed E-state index contributed by atoms with van der Waals surface area (Å²) in [4.78, 5) is 27.6. The highest BCUT2D eigenvalue weighted by Crippen LogP contribution is 2.33. The van der Waals surface area contributed by atoms with Crippen molar-refractivity contribution in [1.82, 2.24) is 10.2 Å². The lowest BCUT2D eigenvalue weighted by Crippen LogP contribution is -2.50. The lowest BCUT2D eigenvalue weighted by atomic mass is 9.96. The van der Waals surface area contributed by atoms with Crippen molar-refractivity contribution in [3.63, 3.8) is 0 Å². The Morgan fingerprint density at radius 3 is 2.62 bits per heavy atom. The number of amides is 2. The minimum Gasteiger partial charge on any atom is -0.459 e. The topological polar surface area (TPSA) is 74.6 Å². The summed E-state index contributed by atoms with van der Waals surface area (Å²) in [6.45, 7) is 2.52. The zero-order valence-electron chi connectivity index (χ0n) is 15.4. The Kier molecular flexibility index (Phi) is 5.48. The standard InChI is InChI=1S/C19H25N3O3S/c1-13-11-15(21-17(23)14-7-6-10-25-14)26-16(13)18(24)20-12-19(22(2)3)8-4-5-9-19/h6-7,10-11H,4-5,8-9,12H2,1-3H3,(H,20,24)(H,21,23). The molecule has 6 nitrogen and oxygen atoms in total. The highest BCUT2D eigenvalue weighted by Gasteiger charge is 2.36. The third-order valence-corrected chi connectivity index (χ3v) is 6.32. The molecule has 1 aliphatic rings. The van der Waals surface area contributed by atoms with E-state index < -0.39 is 0 Å². The van der Waals surface area contributed by atoms with Gasteiger partial charge in [-0.25, -0.2) is 0 Å². The summed E-state index contributed by atoms with van der Waals surface area (Å²) in [5.74, 6) is -0.156. The van der Waals surface area contributed by atoms with Crippen LogP contribution >= 0.6 is 11.3 Å². The summed E-state index contributed by atoms with van der Waals surface area (Å²) in [7, 11) is 4.16. The van der Waals surface area contributed by atoms with Crippen LogP contribution in [0.15, 0.2) is 28.9 Å². The largest absolute Gasteiger partial charge is 0.459 e. The average molecular weight is 375 g/mol. The van der Waals surface area contributed by atoms with Crippen molar-refractivity contribution in [2.24, 2.45) is 0 Å². The average Bonchev–Trinajstić information content (AvgIpc) is 3.34. The molecule has 1 aliphatic carbocycles. The molecule has 0 bridgehead atoms. The van der Waals surface area contributed by atoms with Gasteiger partial charge in [-0.05, 0) is 57.6 Å². The zero-order chi connectivity index (χ0) is 18.7. The van der Waals surface area contributed by atoms with Gasteiger partial charge >= 0.3 is 0 Å². The van der Waals surface area contributed by atoms with E-state index in [9.17, 15) is 9.59 Å². The number of nitrogens with zero attached hydrogens (tertiary/aromatic N) is 1. The molecule has 1 saturated carbocycles. The highest BCUT2D eigenvalue weighted by atomic mass is 32.1. The van der Waals surface area contributed by atoms with Crippen LogP contribution < -0.4 is 10.6 Å². The van der Waals surface area contributed by atoms with Crippen molar-refractivity contribution in [2.45, 2.75) is 38.1 Å². The molecule has 0 saturated heterocycles. The predicted molar refractivity (Wildman–Crippen MR) is 103 cm³/mol. The predicted octanol–water partition coefficient (Wildman–Crippen LogP) is 3.51. The maximum absolute atomic E-state index is 12.7. The van der Waals surface area contributed by atoms with Gasteiger partial charge in [-0.15, -0.1) is 11.3 Å². The molecule has 1 fully saturated rings. The maximum atomic E-state index is 12.7. The van der Waals surface area contributed by atoms with E-state index in [0.717, 1.165) is 18.4 Å². The Balaban J connectivity index is 1.64. The molecule has 140 valence electrons. The molecule has 26 heavy (non-hydrogen) atoms. The first-order chi connectivity index (χ1) is 12.4. The van der Waals surface area contributed by atoms with Crippen LogP contribution in [-0.2, 0) is 0 Å². The summed E-state index contributed by atoms with van der Waals surface area (Å²) in [6.07, 6.45) is 6.07. The van der Waals surface area contributed by atoms with Crippen molar-refractivity contribution >= 4 is 28.2 Å². The van der Waals surface area contributed by atoms with Gasteiger partial charge < -0.3 is 20.0 Å². The van der Waals surface area contributed by atoms with E-state index in [1.165, 1.54) is 30.4 Å². The summed E-state index contributed by atoms with van der Waals surface area (Å²) in [6, 6.07) is 5.08. The summed E-state index contributed by atoms with van der Waals surface area (Å²) in [5.41, 5.74) is 0.907. The second-order valence-electron chi connectivity index (χ2n) is 7.06.